The van der Waals surface area contributed by atoms with Gasteiger partial charge >= 0.3 is 5.97 Å². The molecule has 0 aliphatic heterocycles. The van der Waals surface area contributed by atoms with E-state index in [1.807, 2.05) is 12.1 Å². The lowest BCUT2D eigenvalue weighted by Crippen LogP contribution is -2.21. The van der Waals surface area contributed by atoms with E-state index in [0.717, 1.165) is 5.56 Å². The van der Waals surface area contributed by atoms with Crippen molar-refractivity contribution >= 4 is 23.5 Å². The molecule has 0 unspecified atom stereocenters. The summed E-state index contributed by atoms with van der Waals surface area (Å²) in [5.74, 6) is -0.551. The minimum atomic E-state index is -0.383. The second kappa shape index (κ2) is 9.52. The zero-order valence-corrected chi connectivity index (χ0v) is 15.8. The number of aryl methyl sites for hydroxylation is 1. The first-order valence-corrected chi connectivity index (χ1v) is 8.78. The highest BCUT2D eigenvalue weighted by Crippen LogP contribution is 2.13. The monoisotopic (exact) mass is 368 g/mol. The average Bonchev–Trinajstić information content (AvgIpc) is 2.67. The molecule has 2 amide bonds. The molecule has 0 atom stereocenters. The molecule has 0 spiro atoms. The van der Waals surface area contributed by atoms with Crippen LogP contribution in [0.15, 0.2) is 48.5 Å². The number of carbonyl (C=O) groups is 3. The first-order valence-electron chi connectivity index (χ1n) is 8.78. The van der Waals surface area contributed by atoms with Crippen LogP contribution in [0.4, 0.5) is 5.69 Å². The predicted octanol–water partition coefficient (Wildman–Crippen LogP) is 3.14. The van der Waals surface area contributed by atoms with Crippen LogP contribution in [0.25, 0.3) is 0 Å². The standard InChI is InChI=1S/C21H24N2O4/c1-4-27-21(26)17-10-12-18(13-11-17)22-19(24)14-7-15-5-8-16(9-6-15)20(25)23(2)3/h5-6,8-13H,4,7,14H2,1-3H3,(H,22,24). The molecule has 0 saturated heterocycles. The van der Waals surface area contributed by atoms with Crippen LogP contribution in [0.2, 0.25) is 0 Å². The fraction of sp³-hybridized carbons (Fsp3) is 0.286. The zero-order chi connectivity index (χ0) is 19.8. The third kappa shape index (κ3) is 5.95. The van der Waals surface area contributed by atoms with Crippen LogP contribution in [0.5, 0.6) is 0 Å². The number of anilines is 1. The third-order valence-electron chi connectivity index (χ3n) is 3.93. The molecule has 27 heavy (non-hydrogen) atoms. The zero-order valence-electron chi connectivity index (χ0n) is 15.8. The first kappa shape index (κ1) is 20.2. The van der Waals surface area contributed by atoms with E-state index >= 15 is 0 Å². The van der Waals surface area contributed by atoms with Crippen LogP contribution >= 0.6 is 0 Å². The van der Waals surface area contributed by atoms with E-state index in [1.54, 1.807) is 57.4 Å². The Morgan fingerprint density at radius 3 is 2.07 bits per heavy atom. The predicted molar refractivity (Wildman–Crippen MR) is 104 cm³/mol. The first-order chi connectivity index (χ1) is 12.9. The van der Waals surface area contributed by atoms with Crippen LogP contribution < -0.4 is 5.32 Å². The van der Waals surface area contributed by atoms with Crippen molar-refractivity contribution in [3.05, 3.63) is 65.2 Å². The summed E-state index contributed by atoms with van der Waals surface area (Å²) in [6.45, 7) is 2.07. The molecule has 0 aliphatic rings. The highest BCUT2D eigenvalue weighted by atomic mass is 16.5. The van der Waals surface area contributed by atoms with E-state index in [0.29, 0.717) is 36.3 Å². The normalized spacial score (nSPS) is 10.2. The summed E-state index contributed by atoms with van der Waals surface area (Å²) >= 11 is 0. The summed E-state index contributed by atoms with van der Waals surface area (Å²) in [5.41, 5.74) is 2.68. The van der Waals surface area contributed by atoms with Gasteiger partial charge in [-0.25, -0.2) is 4.79 Å². The molecular formula is C21H24N2O4. The van der Waals surface area contributed by atoms with Crippen LogP contribution in [0, 0.1) is 0 Å². The number of benzene rings is 2. The molecule has 0 heterocycles. The molecule has 2 aromatic rings. The Hall–Kier alpha value is -3.15. The van der Waals surface area contributed by atoms with Gasteiger partial charge in [-0.1, -0.05) is 12.1 Å². The largest absolute Gasteiger partial charge is 0.462 e. The highest BCUT2D eigenvalue weighted by Gasteiger charge is 2.09. The number of carbonyl (C=O) groups excluding carboxylic acids is 3. The maximum atomic E-state index is 12.1. The van der Waals surface area contributed by atoms with Gasteiger partial charge in [-0.3, -0.25) is 9.59 Å². The molecule has 0 saturated carbocycles. The number of nitrogens with zero attached hydrogens (tertiary/aromatic N) is 1. The summed E-state index contributed by atoms with van der Waals surface area (Å²) in [5, 5.41) is 2.80. The van der Waals surface area contributed by atoms with Crippen molar-refractivity contribution in [3.63, 3.8) is 0 Å². The van der Waals surface area contributed by atoms with Crippen molar-refractivity contribution in [2.45, 2.75) is 19.8 Å². The van der Waals surface area contributed by atoms with Gasteiger partial charge in [0.05, 0.1) is 12.2 Å². The summed E-state index contributed by atoms with van der Waals surface area (Å²) in [6, 6.07) is 13.8. The van der Waals surface area contributed by atoms with Gasteiger partial charge in [0.25, 0.3) is 5.91 Å². The summed E-state index contributed by atoms with van der Waals surface area (Å²) < 4.78 is 4.92. The van der Waals surface area contributed by atoms with Gasteiger partial charge in [0.1, 0.15) is 0 Å². The maximum absolute atomic E-state index is 12.1. The van der Waals surface area contributed by atoms with E-state index in [1.165, 1.54) is 4.90 Å². The molecule has 0 aliphatic carbocycles. The minimum absolute atomic E-state index is 0.0504. The average molecular weight is 368 g/mol. The van der Waals surface area contributed by atoms with E-state index < -0.39 is 0 Å². The van der Waals surface area contributed by atoms with Crippen molar-refractivity contribution in [2.24, 2.45) is 0 Å². The molecular weight excluding hydrogens is 344 g/mol. The van der Waals surface area contributed by atoms with Crippen molar-refractivity contribution in [1.29, 1.82) is 0 Å². The molecule has 2 rings (SSSR count). The molecule has 142 valence electrons. The Labute approximate surface area is 159 Å². The Morgan fingerprint density at radius 2 is 1.52 bits per heavy atom. The number of hydrogen-bond acceptors (Lipinski definition) is 4. The van der Waals surface area contributed by atoms with Gasteiger partial charge < -0.3 is 15.0 Å². The Balaban J connectivity index is 1.85. The minimum Gasteiger partial charge on any atom is -0.462 e. The Bertz CT molecular complexity index is 796. The lowest BCUT2D eigenvalue weighted by Gasteiger charge is -2.10. The summed E-state index contributed by atoms with van der Waals surface area (Å²) in [4.78, 5) is 37.1. The van der Waals surface area contributed by atoms with Gasteiger partial charge in [-0.15, -0.1) is 0 Å². The topological polar surface area (TPSA) is 75.7 Å². The molecule has 0 radical (unpaired) electrons. The van der Waals surface area contributed by atoms with Crippen LogP contribution in [0.1, 0.15) is 39.6 Å². The van der Waals surface area contributed by atoms with E-state index in [2.05, 4.69) is 5.32 Å². The fourth-order valence-corrected chi connectivity index (χ4v) is 2.46. The SMILES string of the molecule is CCOC(=O)c1ccc(NC(=O)CCc2ccc(C(=O)N(C)C)cc2)cc1. The van der Waals surface area contributed by atoms with Gasteiger partial charge in [0.15, 0.2) is 0 Å². The van der Waals surface area contributed by atoms with Crippen molar-refractivity contribution < 1.29 is 19.1 Å². The van der Waals surface area contributed by atoms with Crippen molar-refractivity contribution in [3.8, 4) is 0 Å². The Kier molecular flexibility index (Phi) is 7.11. The molecule has 6 heteroatoms. The quantitative estimate of drug-likeness (QED) is 0.762. The van der Waals surface area contributed by atoms with Gasteiger partial charge in [0, 0.05) is 31.8 Å². The molecule has 6 nitrogen and oxygen atoms in total. The number of hydrogen-bond donors (Lipinski definition) is 1. The smallest absolute Gasteiger partial charge is 0.338 e. The lowest BCUT2D eigenvalue weighted by atomic mass is 10.1. The highest BCUT2D eigenvalue weighted by molar-refractivity contribution is 5.94. The van der Waals surface area contributed by atoms with Gasteiger partial charge in [0.2, 0.25) is 5.91 Å². The van der Waals surface area contributed by atoms with E-state index in [9.17, 15) is 14.4 Å². The number of ether oxygens (including phenoxy) is 1. The second-order valence-electron chi connectivity index (χ2n) is 6.24. The van der Waals surface area contributed by atoms with Crippen molar-refractivity contribution in [2.75, 3.05) is 26.0 Å². The lowest BCUT2D eigenvalue weighted by molar-refractivity contribution is -0.116. The van der Waals surface area contributed by atoms with Crippen molar-refractivity contribution in [1.82, 2.24) is 4.90 Å². The van der Waals surface area contributed by atoms with Gasteiger partial charge in [-0.05, 0) is 55.3 Å². The molecule has 0 aromatic heterocycles. The van der Waals surface area contributed by atoms with E-state index in [-0.39, 0.29) is 17.8 Å². The fourth-order valence-electron chi connectivity index (χ4n) is 2.46. The van der Waals surface area contributed by atoms with Crippen LogP contribution in [0.3, 0.4) is 0 Å². The van der Waals surface area contributed by atoms with E-state index in [4.69, 9.17) is 4.74 Å². The number of amides is 2. The summed E-state index contributed by atoms with van der Waals surface area (Å²) in [6.07, 6.45) is 0.893. The second-order valence-corrected chi connectivity index (χ2v) is 6.24. The van der Waals surface area contributed by atoms with Crippen LogP contribution in [-0.4, -0.2) is 43.4 Å². The number of nitrogens with one attached hydrogen (secondary N) is 1. The molecule has 1 N–H and O–H groups in total. The number of rotatable bonds is 7. The molecule has 0 bridgehead atoms. The maximum Gasteiger partial charge on any atom is 0.338 e. The third-order valence-corrected chi connectivity index (χ3v) is 3.93. The molecule has 0 fully saturated rings. The van der Waals surface area contributed by atoms with Gasteiger partial charge in [-0.2, -0.15) is 0 Å². The molecule has 2 aromatic carbocycles. The summed E-state index contributed by atoms with van der Waals surface area (Å²) in [7, 11) is 3.42. The Morgan fingerprint density at radius 1 is 0.926 bits per heavy atom. The number of esters is 1. The van der Waals surface area contributed by atoms with Crippen LogP contribution in [-0.2, 0) is 16.0 Å².